The van der Waals surface area contributed by atoms with E-state index < -0.39 is 6.03 Å². The number of rotatable bonds is 5. The van der Waals surface area contributed by atoms with Gasteiger partial charge in [0.05, 0.1) is 6.54 Å². The van der Waals surface area contributed by atoms with Crippen LogP contribution in [0.4, 0.5) is 10.5 Å². The molecule has 0 aromatic heterocycles. The molecule has 0 unspecified atom stereocenters. The second kappa shape index (κ2) is 7.41. The van der Waals surface area contributed by atoms with E-state index in [4.69, 9.17) is 0 Å². The molecule has 2 N–H and O–H groups in total. The van der Waals surface area contributed by atoms with Crippen LogP contribution >= 0.6 is 0 Å². The predicted molar refractivity (Wildman–Crippen MR) is 76.1 cm³/mol. The normalized spacial score (nSPS) is 11.5. The smallest absolute Gasteiger partial charge is 0.321 e. The number of carbonyl (C=O) groups excluding carboxylic acids is 2. The quantitative estimate of drug-likeness (QED) is 0.850. The van der Waals surface area contributed by atoms with Crippen LogP contribution in [0.2, 0.25) is 0 Å². The van der Waals surface area contributed by atoms with Crippen LogP contribution in [0.15, 0.2) is 30.3 Å². The molecule has 0 saturated carbocycles. The largest absolute Gasteiger partial charge is 0.365 e. The van der Waals surface area contributed by atoms with Gasteiger partial charge in [-0.1, -0.05) is 25.1 Å². The second-order valence-electron chi connectivity index (χ2n) is 4.52. The molecule has 0 aliphatic heterocycles. The Morgan fingerprint density at radius 2 is 1.89 bits per heavy atom. The van der Waals surface area contributed by atoms with E-state index in [0.717, 1.165) is 12.1 Å². The minimum atomic E-state index is -0.444. The van der Waals surface area contributed by atoms with E-state index in [-0.39, 0.29) is 18.5 Å². The summed E-state index contributed by atoms with van der Waals surface area (Å²) in [5.41, 5.74) is 0.931. The van der Waals surface area contributed by atoms with Crippen LogP contribution in [0.1, 0.15) is 20.3 Å². The number of hydrogen-bond acceptors (Lipinski definition) is 3. The lowest BCUT2D eigenvalue weighted by Gasteiger charge is -2.19. The fourth-order valence-electron chi connectivity index (χ4n) is 1.52. The number of carbonyl (C=O) groups is 2. The molecule has 19 heavy (non-hydrogen) atoms. The highest BCUT2D eigenvalue weighted by atomic mass is 16.2. The van der Waals surface area contributed by atoms with E-state index in [1.54, 1.807) is 4.90 Å². The SMILES string of the molecule is CC[C@H](C)NC(=O)NC(=O)CN(C)c1ccccc1. The fraction of sp³-hybridized carbons (Fsp3) is 0.429. The van der Waals surface area contributed by atoms with E-state index in [0.29, 0.717) is 0 Å². The molecule has 3 amide bonds. The number of hydrogen-bond donors (Lipinski definition) is 2. The number of imide groups is 1. The predicted octanol–water partition coefficient (Wildman–Crippen LogP) is 1.75. The Balaban J connectivity index is 2.41. The van der Waals surface area contributed by atoms with Gasteiger partial charge in [0.2, 0.25) is 5.91 Å². The number of nitrogens with zero attached hydrogens (tertiary/aromatic N) is 1. The van der Waals surface area contributed by atoms with Crippen molar-refractivity contribution in [3.8, 4) is 0 Å². The Hall–Kier alpha value is -2.04. The van der Waals surface area contributed by atoms with Gasteiger partial charge < -0.3 is 10.2 Å². The van der Waals surface area contributed by atoms with Crippen LogP contribution in [-0.2, 0) is 4.79 Å². The number of nitrogens with one attached hydrogen (secondary N) is 2. The third kappa shape index (κ3) is 5.42. The maximum absolute atomic E-state index is 11.7. The summed E-state index contributed by atoms with van der Waals surface area (Å²) in [7, 11) is 1.81. The molecule has 1 aromatic rings. The standard InChI is InChI=1S/C14H21N3O2/c1-4-11(2)15-14(19)16-13(18)10-17(3)12-8-6-5-7-9-12/h5-9,11H,4,10H2,1-3H3,(H2,15,16,18,19)/t11-/m0/s1. The van der Waals surface area contributed by atoms with Gasteiger partial charge in [0.15, 0.2) is 0 Å². The van der Waals surface area contributed by atoms with Gasteiger partial charge >= 0.3 is 6.03 Å². The Labute approximate surface area is 114 Å². The topological polar surface area (TPSA) is 61.4 Å². The van der Waals surface area contributed by atoms with E-state index >= 15 is 0 Å². The molecular weight excluding hydrogens is 242 g/mol. The van der Waals surface area contributed by atoms with Crippen LogP contribution in [0.5, 0.6) is 0 Å². The van der Waals surface area contributed by atoms with Crippen molar-refractivity contribution in [1.82, 2.24) is 10.6 Å². The Morgan fingerprint density at radius 1 is 1.26 bits per heavy atom. The molecule has 0 fully saturated rings. The van der Waals surface area contributed by atoms with E-state index in [2.05, 4.69) is 10.6 Å². The van der Waals surface area contributed by atoms with Crippen LogP contribution < -0.4 is 15.5 Å². The molecule has 5 nitrogen and oxygen atoms in total. The van der Waals surface area contributed by atoms with Crippen LogP contribution in [0, 0.1) is 0 Å². The van der Waals surface area contributed by atoms with Crippen molar-refractivity contribution in [2.75, 3.05) is 18.5 Å². The molecule has 0 heterocycles. The summed E-state index contributed by atoms with van der Waals surface area (Å²) >= 11 is 0. The maximum Gasteiger partial charge on any atom is 0.321 e. The Bertz CT molecular complexity index is 420. The summed E-state index contributed by atoms with van der Waals surface area (Å²) in [5.74, 6) is -0.327. The molecule has 0 saturated heterocycles. The first-order chi connectivity index (χ1) is 9.02. The van der Waals surface area contributed by atoms with E-state index in [1.807, 2.05) is 51.2 Å². The summed E-state index contributed by atoms with van der Waals surface area (Å²) < 4.78 is 0. The summed E-state index contributed by atoms with van der Waals surface area (Å²) in [6.45, 7) is 3.99. The maximum atomic E-state index is 11.7. The molecular formula is C14H21N3O2. The third-order valence-electron chi connectivity index (χ3n) is 2.82. The van der Waals surface area contributed by atoms with Gasteiger partial charge in [0.1, 0.15) is 0 Å². The van der Waals surface area contributed by atoms with Crippen LogP contribution in [0.3, 0.4) is 0 Å². The average molecular weight is 263 g/mol. The molecule has 0 bridgehead atoms. The molecule has 1 atom stereocenters. The van der Waals surface area contributed by atoms with Gasteiger partial charge in [0.25, 0.3) is 0 Å². The lowest BCUT2D eigenvalue weighted by molar-refractivity contribution is -0.118. The van der Waals surface area contributed by atoms with Crippen LogP contribution in [0.25, 0.3) is 0 Å². The summed E-state index contributed by atoms with van der Waals surface area (Å²) in [6, 6.07) is 9.15. The van der Waals surface area contributed by atoms with Gasteiger partial charge in [-0.15, -0.1) is 0 Å². The summed E-state index contributed by atoms with van der Waals surface area (Å²) in [4.78, 5) is 25.0. The first kappa shape index (κ1) is 15.0. The molecule has 0 aliphatic rings. The van der Waals surface area contributed by atoms with Crippen molar-refractivity contribution in [2.45, 2.75) is 26.3 Å². The van der Waals surface area contributed by atoms with Crippen molar-refractivity contribution in [3.63, 3.8) is 0 Å². The zero-order chi connectivity index (χ0) is 14.3. The molecule has 0 aliphatic carbocycles. The van der Waals surface area contributed by atoms with Crippen molar-refractivity contribution in [2.24, 2.45) is 0 Å². The van der Waals surface area contributed by atoms with Gasteiger partial charge in [-0.25, -0.2) is 4.79 Å². The van der Waals surface area contributed by atoms with Gasteiger partial charge in [0, 0.05) is 18.8 Å². The highest BCUT2D eigenvalue weighted by Gasteiger charge is 2.11. The van der Waals surface area contributed by atoms with Crippen molar-refractivity contribution < 1.29 is 9.59 Å². The van der Waals surface area contributed by atoms with Gasteiger partial charge in [-0.05, 0) is 25.5 Å². The third-order valence-corrected chi connectivity index (χ3v) is 2.82. The van der Waals surface area contributed by atoms with Gasteiger partial charge in [-0.3, -0.25) is 10.1 Å². The van der Waals surface area contributed by atoms with Gasteiger partial charge in [-0.2, -0.15) is 0 Å². The molecule has 1 rings (SSSR count). The first-order valence-electron chi connectivity index (χ1n) is 6.39. The van der Waals surface area contributed by atoms with Crippen molar-refractivity contribution in [1.29, 1.82) is 0 Å². The van der Waals surface area contributed by atoms with E-state index in [1.165, 1.54) is 0 Å². The molecule has 1 aromatic carbocycles. The summed E-state index contributed by atoms with van der Waals surface area (Å²) in [6.07, 6.45) is 0.825. The summed E-state index contributed by atoms with van der Waals surface area (Å²) in [5, 5.41) is 5.00. The highest BCUT2D eigenvalue weighted by molar-refractivity contribution is 5.96. The number of likely N-dealkylation sites (N-methyl/N-ethyl adjacent to an activating group) is 1. The lowest BCUT2D eigenvalue weighted by Crippen LogP contribution is -2.46. The number of para-hydroxylation sites is 1. The number of urea groups is 1. The Morgan fingerprint density at radius 3 is 2.47 bits per heavy atom. The van der Waals surface area contributed by atoms with Crippen LogP contribution in [-0.4, -0.2) is 31.6 Å². The minimum absolute atomic E-state index is 0.0552. The first-order valence-corrected chi connectivity index (χ1v) is 6.39. The molecule has 0 radical (unpaired) electrons. The second-order valence-corrected chi connectivity index (χ2v) is 4.52. The molecule has 104 valence electrons. The highest BCUT2D eigenvalue weighted by Crippen LogP contribution is 2.09. The van der Waals surface area contributed by atoms with Crippen molar-refractivity contribution >= 4 is 17.6 Å². The minimum Gasteiger partial charge on any atom is -0.365 e. The number of benzene rings is 1. The Kier molecular flexibility index (Phi) is 5.85. The average Bonchev–Trinajstić information content (AvgIpc) is 2.39. The zero-order valence-corrected chi connectivity index (χ0v) is 11.6. The monoisotopic (exact) mass is 263 g/mol. The zero-order valence-electron chi connectivity index (χ0n) is 11.6. The fourth-order valence-corrected chi connectivity index (χ4v) is 1.52. The number of amides is 3. The van der Waals surface area contributed by atoms with Crippen molar-refractivity contribution in [3.05, 3.63) is 30.3 Å². The number of anilines is 1. The lowest BCUT2D eigenvalue weighted by atomic mass is 10.3. The molecule has 0 spiro atoms. The van der Waals surface area contributed by atoms with E-state index in [9.17, 15) is 9.59 Å². The molecule has 5 heteroatoms.